The van der Waals surface area contributed by atoms with Crippen LogP contribution in [-0.2, 0) is 4.79 Å². The molecule has 0 aromatic carbocycles. The molecule has 0 fully saturated rings. The van der Waals surface area contributed by atoms with E-state index >= 15 is 0 Å². The highest BCUT2D eigenvalue weighted by molar-refractivity contribution is 5.81. The number of hydrogen-bond donors (Lipinski definition) is 1. The van der Waals surface area contributed by atoms with Gasteiger partial charge >= 0.3 is 0 Å². The zero-order valence-electron chi connectivity index (χ0n) is 10.6. The van der Waals surface area contributed by atoms with Crippen LogP contribution < -0.4 is 5.73 Å². The minimum absolute atomic E-state index is 0.118. The first-order chi connectivity index (χ1) is 7.02. The quantitative estimate of drug-likeness (QED) is 0.704. The van der Waals surface area contributed by atoms with Gasteiger partial charge in [-0.15, -0.1) is 0 Å². The van der Waals surface area contributed by atoms with E-state index < -0.39 is 0 Å². The second-order valence-corrected chi connectivity index (χ2v) is 4.56. The summed E-state index contributed by atoms with van der Waals surface area (Å²) in [5.74, 6) is 0.599. The Hall–Kier alpha value is -0.570. The fourth-order valence-corrected chi connectivity index (χ4v) is 1.72. The van der Waals surface area contributed by atoms with E-state index in [1.54, 1.807) is 0 Å². The molecule has 15 heavy (non-hydrogen) atoms. The standard InChI is InChI=1S/C12H26N2O/c1-5-7-14(8-6-2)12(15)11(13)9-10(3)4/h10-11H,5-9,13H2,1-4H3/t11-/m0/s1. The third kappa shape index (κ3) is 5.78. The van der Waals surface area contributed by atoms with Crippen molar-refractivity contribution in [2.45, 2.75) is 53.0 Å². The zero-order valence-corrected chi connectivity index (χ0v) is 10.6. The Balaban J connectivity index is 4.21. The fraction of sp³-hybridized carbons (Fsp3) is 0.917. The van der Waals surface area contributed by atoms with Gasteiger partial charge in [0.25, 0.3) is 0 Å². The van der Waals surface area contributed by atoms with Crippen molar-refractivity contribution in [1.82, 2.24) is 4.90 Å². The molecule has 1 atom stereocenters. The van der Waals surface area contributed by atoms with Gasteiger partial charge in [0.2, 0.25) is 5.91 Å². The van der Waals surface area contributed by atoms with Crippen molar-refractivity contribution in [3.63, 3.8) is 0 Å². The molecule has 0 unspecified atom stereocenters. The first kappa shape index (κ1) is 14.4. The van der Waals surface area contributed by atoms with E-state index in [0.717, 1.165) is 32.4 Å². The predicted molar refractivity (Wildman–Crippen MR) is 64.6 cm³/mol. The number of rotatable bonds is 7. The summed E-state index contributed by atoms with van der Waals surface area (Å²) in [6, 6.07) is -0.317. The van der Waals surface area contributed by atoms with Crippen molar-refractivity contribution in [2.75, 3.05) is 13.1 Å². The third-order valence-corrected chi connectivity index (χ3v) is 2.34. The highest BCUT2D eigenvalue weighted by Crippen LogP contribution is 2.06. The summed E-state index contributed by atoms with van der Waals surface area (Å²) in [5, 5.41) is 0. The number of carbonyl (C=O) groups excluding carboxylic acids is 1. The lowest BCUT2D eigenvalue weighted by Gasteiger charge is -2.25. The molecule has 0 rings (SSSR count). The molecular weight excluding hydrogens is 188 g/mol. The van der Waals surface area contributed by atoms with Gasteiger partial charge in [-0.2, -0.15) is 0 Å². The summed E-state index contributed by atoms with van der Waals surface area (Å²) in [5.41, 5.74) is 5.89. The Morgan fingerprint density at radius 2 is 1.67 bits per heavy atom. The molecule has 0 saturated carbocycles. The van der Waals surface area contributed by atoms with E-state index in [1.165, 1.54) is 0 Å². The maximum Gasteiger partial charge on any atom is 0.239 e. The topological polar surface area (TPSA) is 46.3 Å². The van der Waals surface area contributed by atoms with Crippen molar-refractivity contribution in [3.8, 4) is 0 Å². The number of carbonyl (C=O) groups is 1. The SMILES string of the molecule is CCCN(CCC)C(=O)[C@@H](N)CC(C)C. The molecule has 0 saturated heterocycles. The van der Waals surface area contributed by atoms with Gasteiger partial charge in [-0.25, -0.2) is 0 Å². The number of nitrogens with two attached hydrogens (primary N) is 1. The van der Waals surface area contributed by atoms with Crippen LogP contribution in [0.25, 0.3) is 0 Å². The minimum atomic E-state index is -0.317. The van der Waals surface area contributed by atoms with Crippen LogP contribution in [0, 0.1) is 5.92 Å². The van der Waals surface area contributed by atoms with E-state index in [9.17, 15) is 4.79 Å². The van der Waals surface area contributed by atoms with Crippen LogP contribution >= 0.6 is 0 Å². The molecule has 2 N–H and O–H groups in total. The monoisotopic (exact) mass is 214 g/mol. The molecule has 0 aliphatic rings. The second kappa shape index (κ2) is 7.69. The average molecular weight is 214 g/mol. The van der Waals surface area contributed by atoms with Crippen molar-refractivity contribution < 1.29 is 4.79 Å². The largest absolute Gasteiger partial charge is 0.341 e. The smallest absolute Gasteiger partial charge is 0.239 e. The Labute approximate surface area is 94.0 Å². The lowest BCUT2D eigenvalue weighted by atomic mass is 10.0. The minimum Gasteiger partial charge on any atom is -0.341 e. The highest BCUT2D eigenvalue weighted by Gasteiger charge is 2.20. The summed E-state index contributed by atoms with van der Waals surface area (Å²) in [6.45, 7) is 10.0. The van der Waals surface area contributed by atoms with E-state index in [4.69, 9.17) is 5.73 Å². The van der Waals surface area contributed by atoms with Gasteiger partial charge in [0.1, 0.15) is 0 Å². The lowest BCUT2D eigenvalue weighted by Crippen LogP contribution is -2.45. The third-order valence-electron chi connectivity index (χ3n) is 2.34. The van der Waals surface area contributed by atoms with Gasteiger partial charge in [-0.05, 0) is 25.2 Å². The van der Waals surface area contributed by atoms with Gasteiger partial charge in [0.05, 0.1) is 6.04 Å². The molecule has 0 heterocycles. The van der Waals surface area contributed by atoms with E-state index in [-0.39, 0.29) is 11.9 Å². The van der Waals surface area contributed by atoms with Gasteiger partial charge in [0.15, 0.2) is 0 Å². The molecular formula is C12H26N2O. The molecule has 0 spiro atoms. The maximum atomic E-state index is 12.0. The summed E-state index contributed by atoms with van der Waals surface area (Å²) >= 11 is 0. The summed E-state index contributed by atoms with van der Waals surface area (Å²) in [6.07, 6.45) is 2.78. The lowest BCUT2D eigenvalue weighted by molar-refractivity contribution is -0.133. The second-order valence-electron chi connectivity index (χ2n) is 4.56. The normalized spacial score (nSPS) is 12.9. The van der Waals surface area contributed by atoms with Crippen LogP contribution in [0.5, 0.6) is 0 Å². The molecule has 3 heteroatoms. The Bertz CT molecular complexity index is 174. The fourth-order valence-electron chi connectivity index (χ4n) is 1.72. The van der Waals surface area contributed by atoms with Crippen molar-refractivity contribution in [1.29, 1.82) is 0 Å². The van der Waals surface area contributed by atoms with Crippen molar-refractivity contribution in [2.24, 2.45) is 11.7 Å². The Kier molecular flexibility index (Phi) is 7.39. The van der Waals surface area contributed by atoms with Gasteiger partial charge < -0.3 is 10.6 Å². The number of amides is 1. The van der Waals surface area contributed by atoms with E-state index in [2.05, 4.69) is 27.7 Å². The van der Waals surface area contributed by atoms with Crippen molar-refractivity contribution >= 4 is 5.91 Å². The molecule has 90 valence electrons. The van der Waals surface area contributed by atoms with Gasteiger partial charge in [-0.1, -0.05) is 27.7 Å². The zero-order chi connectivity index (χ0) is 11.8. The highest BCUT2D eigenvalue weighted by atomic mass is 16.2. The molecule has 0 aromatic rings. The summed E-state index contributed by atoms with van der Waals surface area (Å²) in [4.78, 5) is 13.9. The molecule has 3 nitrogen and oxygen atoms in total. The first-order valence-corrected chi connectivity index (χ1v) is 6.07. The van der Waals surface area contributed by atoms with Crippen LogP contribution in [0.3, 0.4) is 0 Å². The maximum absolute atomic E-state index is 12.0. The van der Waals surface area contributed by atoms with Crippen LogP contribution in [0.15, 0.2) is 0 Å². The number of hydrogen-bond acceptors (Lipinski definition) is 2. The van der Waals surface area contributed by atoms with Crippen LogP contribution in [-0.4, -0.2) is 29.9 Å². The summed E-state index contributed by atoms with van der Waals surface area (Å²) < 4.78 is 0. The van der Waals surface area contributed by atoms with Crippen LogP contribution in [0.2, 0.25) is 0 Å². The molecule has 0 aromatic heterocycles. The van der Waals surface area contributed by atoms with Crippen LogP contribution in [0.4, 0.5) is 0 Å². The Morgan fingerprint density at radius 3 is 2.00 bits per heavy atom. The van der Waals surface area contributed by atoms with Gasteiger partial charge in [-0.3, -0.25) is 4.79 Å². The number of nitrogens with zero attached hydrogens (tertiary/aromatic N) is 1. The van der Waals surface area contributed by atoms with Crippen LogP contribution in [0.1, 0.15) is 47.0 Å². The van der Waals surface area contributed by atoms with Gasteiger partial charge in [0, 0.05) is 13.1 Å². The predicted octanol–water partition coefficient (Wildman–Crippen LogP) is 2.01. The van der Waals surface area contributed by atoms with Crippen molar-refractivity contribution in [3.05, 3.63) is 0 Å². The molecule has 1 amide bonds. The van der Waals surface area contributed by atoms with E-state index in [1.807, 2.05) is 4.90 Å². The molecule has 0 aliphatic carbocycles. The summed E-state index contributed by atoms with van der Waals surface area (Å²) in [7, 11) is 0. The Morgan fingerprint density at radius 1 is 1.20 bits per heavy atom. The molecule has 0 aliphatic heterocycles. The molecule has 0 radical (unpaired) electrons. The molecule has 0 bridgehead atoms. The first-order valence-electron chi connectivity index (χ1n) is 6.07. The average Bonchev–Trinajstić information content (AvgIpc) is 2.15. The van der Waals surface area contributed by atoms with E-state index in [0.29, 0.717) is 5.92 Å².